The number of amides is 1. The minimum atomic E-state index is -0.634. The second-order valence-corrected chi connectivity index (χ2v) is 4.31. The highest BCUT2D eigenvalue weighted by Gasteiger charge is 2.29. The van der Waals surface area contributed by atoms with Gasteiger partial charge in [-0.25, -0.2) is 8.78 Å². The number of carbonyl (C=O) groups is 1. The summed E-state index contributed by atoms with van der Waals surface area (Å²) >= 11 is 0. The normalized spacial score (nSPS) is 23.7. The molecule has 0 bridgehead atoms. The van der Waals surface area contributed by atoms with Gasteiger partial charge in [-0.2, -0.15) is 0 Å². The lowest BCUT2D eigenvalue weighted by Crippen LogP contribution is -2.39. The first-order valence-corrected chi connectivity index (χ1v) is 5.57. The fourth-order valence-corrected chi connectivity index (χ4v) is 1.99. The van der Waals surface area contributed by atoms with Crippen molar-refractivity contribution < 1.29 is 13.6 Å². The van der Waals surface area contributed by atoms with Gasteiger partial charge in [-0.1, -0.05) is 6.92 Å². The second-order valence-electron chi connectivity index (χ2n) is 4.31. The molecule has 1 aliphatic heterocycles. The van der Waals surface area contributed by atoms with E-state index in [-0.39, 0.29) is 23.6 Å². The average Bonchev–Trinajstić information content (AvgIpc) is 2.70. The SMILES string of the molecule is CC1CCNC1C(=O)Nc1cc(F)ccc1F. The van der Waals surface area contributed by atoms with Crippen molar-refractivity contribution >= 4 is 11.6 Å². The smallest absolute Gasteiger partial charge is 0.241 e. The van der Waals surface area contributed by atoms with Crippen LogP contribution in [-0.4, -0.2) is 18.5 Å². The van der Waals surface area contributed by atoms with E-state index in [9.17, 15) is 13.6 Å². The molecular formula is C12H14F2N2O. The quantitative estimate of drug-likeness (QED) is 0.829. The zero-order valence-electron chi connectivity index (χ0n) is 9.47. The van der Waals surface area contributed by atoms with E-state index in [1.165, 1.54) is 0 Å². The maximum absolute atomic E-state index is 13.3. The molecule has 0 radical (unpaired) electrons. The topological polar surface area (TPSA) is 41.1 Å². The van der Waals surface area contributed by atoms with Gasteiger partial charge in [0.15, 0.2) is 0 Å². The minimum absolute atomic E-state index is 0.115. The molecule has 1 fully saturated rings. The molecule has 2 N–H and O–H groups in total. The molecule has 2 rings (SSSR count). The Bertz CT molecular complexity index is 437. The number of rotatable bonds is 2. The van der Waals surface area contributed by atoms with E-state index in [4.69, 9.17) is 0 Å². The lowest BCUT2D eigenvalue weighted by atomic mass is 10.0. The van der Waals surface area contributed by atoms with E-state index in [2.05, 4.69) is 10.6 Å². The molecule has 0 aliphatic carbocycles. The van der Waals surface area contributed by atoms with E-state index in [0.717, 1.165) is 31.2 Å². The predicted octanol–water partition coefficient (Wildman–Crippen LogP) is 1.90. The molecule has 1 aromatic rings. The lowest BCUT2D eigenvalue weighted by molar-refractivity contribution is -0.118. The Labute approximate surface area is 98.2 Å². The van der Waals surface area contributed by atoms with Crippen LogP contribution in [0.1, 0.15) is 13.3 Å². The van der Waals surface area contributed by atoms with Gasteiger partial charge in [0.2, 0.25) is 5.91 Å². The van der Waals surface area contributed by atoms with Crippen LogP contribution in [-0.2, 0) is 4.79 Å². The number of nitrogens with one attached hydrogen (secondary N) is 2. The van der Waals surface area contributed by atoms with Crippen molar-refractivity contribution in [3.8, 4) is 0 Å². The van der Waals surface area contributed by atoms with Gasteiger partial charge in [-0.05, 0) is 31.0 Å². The summed E-state index contributed by atoms with van der Waals surface area (Å²) in [5.41, 5.74) is -0.115. The first kappa shape index (κ1) is 12.0. The molecular weight excluding hydrogens is 226 g/mol. The van der Waals surface area contributed by atoms with Crippen LogP contribution in [0.2, 0.25) is 0 Å². The average molecular weight is 240 g/mol. The van der Waals surface area contributed by atoms with Crippen LogP contribution in [0.3, 0.4) is 0 Å². The number of benzene rings is 1. The summed E-state index contributed by atoms with van der Waals surface area (Å²) in [6, 6.07) is 2.66. The van der Waals surface area contributed by atoms with Crippen LogP contribution in [0.5, 0.6) is 0 Å². The van der Waals surface area contributed by atoms with E-state index in [0.29, 0.717) is 0 Å². The summed E-state index contributed by atoms with van der Waals surface area (Å²) in [6.45, 7) is 2.72. The molecule has 1 aromatic carbocycles. The third kappa shape index (κ3) is 2.61. The van der Waals surface area contributed by atoms with E-state index >= 15 is 0 Å². The molecule has 1 amide bonds. The Balaban J connectivity index is 2.10. The highest BCUT2D eigenvalue weighted by molar-refractivity contribution is 5.95. The van der Waals surface area contributed by atoms with Gasteiger partial charge in [0.1, 0.15) is 11.6 Å². The number of hydrogen-bond acceptors (Lipinski definition) is 2. The highest BCUT2D eigenvalue weighted by Crippen LogP contribution is 2.19. The van der Waals surface area contributed by atoms with Crippen molar-refractivity contribution in [3.05, 3.63) is 29.8 Å². The Hall–Kier alpha value is -1.49. The Morgan fingerprint density at radius 2 is 2.24 bits per heavy atom. The number of anilines is 1. The zero-order valence-corrected chi connectivity index (χ0v) is 9.47. The van der Waals surface area contributed by atoms with Crippen LogP contribution in [0.25, 0.3) is 0 Å². The molecule has 1 heterocycles. The second kappa shape index (κ2) is 4.79. The molecule has 1 aliphatic rings. The molecule has 2 unspecified atom stereocenters. The lowest BCUT2D eigenvalue weighted by Gasteiger charge is -2.15. The number of halogens is 2. The van der Waals surface area contributed by atoms with Crippen molar-refractivity contribution in [2.45, 2.75) is 19.4 Å². The van der Waals surface area contributed by atoms with Crippen LogP contribution < -0.4 is 10.6 Å². The highest BCUT2D eigenvalue weighted by atomic mass is 19.1. The maximum atomic E-state index is 13.3. The van der Waals surface area contributed by atoms with Gasteiger partial charge in [0.05, 0.1) is 11.7 Å². The molecule has 5 heteroatoms. The summed E-state index contributed by atoms with van der Waals surface area (Å²) < 4.78 is 26.2. The van der Waals surface area contributed by atoms with Gasteiger partial charge in [-0.3, -0.25) is 4.79 Å². The summed E-state index contributed by atoms with van der Waals surface area (Å²) in [4.78, 5) is 11.8. The van der Waals surface area contributed by atoms with Crippen molar-refractivity contribution in [1.82, 2.24) is 5.32 Å². The van der Waals surface area contributed by atoms with Gasteiger partial charge in [0, 0.05) is 6.07 Å². The summed E-state index contributed by atoms with van der Waals surface area (Å²) in [5, 5.41) is 5.44. The first-order valence-electron chi connectivity index (χ1n) is 5.57. The van der Waals surface area contributed by atoms with Crippen molar-refractivity contribution in [2.24, 2.45) is 5.92 Å². The third-order valence-electron chi connectivity index (χ3n) is 3.00. The van der Waals surface area contributed by atoms with Crippen molar-refractivity contribution in [1.29, 1.82) is 0 Å². The van der Waals surface area contributed by atoms with Crippen LogP contribution in [0.15, 0.2) is 18.2 Å². The maximum Gasteiger partial charge on any atom is 0.241 e. The predicted molar refractivity (Wildman–Crippen MR) is 60.6 cm³/mol. The fourth-order valence-electron chi connectivity index (χ4n) is 1.99. The Morgan fingerprint density at radius 3 is 2.88 bits per heavy atom. The Kier molecular flexibility index (Phi) is 3.38. The molecule has 0 aromatic heterocycles. The largest absolute Gasteiger partial charge is 0.322 e. The van der Waals surface area contributed by atoms with Gasteiger partial charge in [0.25, 0.3) is 0 Å². The summed E-state index contributed by atoms with van der Waals surface area (Å²) in [7, 11) is 0. The number of carbonyl (C=O) groups excluding carboxylic acids is 1. The van der Waals surface area contributed by atoms with Gasteiger partial charge in [-0.15, -0.1) is 0 Å². The van der Waals surface area contributed by atoms with Crippen molar-refractivity contribution in [3.63, 3.8) is 0 Å². The molecule has 0 spiro atoms. The summed E-state index contributed by atoms with van der Waals surface area (Å²) in [6.07, 6.45) is 0.906. The van der Waals surface area contributed by atoms with Gasteiger partial charge >= 0.3 is 0 Å². The van der Waals surface area contributed by atoms with Crippen LogP contribution >= 0.6 is 0 Å². The molecule has 92 valence electrons. The molecule has 1 saturated heterocycles. The van der Waals surface area contributed by atoms with Gasteiger partial charge < -0.3 is 10.6 Å². The molecule has 2 atom stereocenters. The first-order chi connectivity index (χ1) is 8.08. The van der Waals surface area contributed by atoms with E-state index < -0.39 is 11.6 Å². The molecule has 0 saturated carbocycles. The molecule has 17 heavy (non-hydrogen) atoms. The monoisotopic (exact) mass is 240 g/mol. The van der Waals surface area contributed by atoms with Crippen molar-refractivity contribution in [2.75, 3.05) is 11.9 Å². The Morgan fingerprint density at radius 1 is 1.47 bits per heavy atom. The van der Waals surface area contributed by atoms with E-state index in [1.54, 1.807) is 0 Å². The van der Waals surface area contributed by atoms with Crippen LogP contribution in [0.4, 0.5) is 14.5 Å². The third-order valence-corrected chi connectivity index (χ3v) is 3.00. The fraction of sp³-hybridized carbons (Fsp3) is 0.417. The van der Waals surface area contributed by atoms with Crippen LogP contribution in [0, 0.1) is 17.6 Å². The number of hydrogen-bond donors (Lipinski definition) is 2. The standard InChI is InChI=1S/C12H14F2N2O/c1-7-4-5-15-11(7)12(17)16-10-6-8(13)2-3-9(10)14/h2-3,6-7,11,15H,4-5H2,1H3,(H,16,17). The summed E-state index contributed by atoms with van der Waals surface area (Å²) in [5.74, 6) is -1.33. The van der Waals surface area contributed by atoms with E-state index in [1.807, 2.05) is 6.92 Å². The zero-order chi connectivity index (χ0) is 12.4. The molecule has 3 nitrogen and oxygen atoms in total. The minimum Gasteiger partial charge on any atom is -0.322 e.